The molecule has 1 rings (SSSR count). The lowest BCUT2D eigenvalue weighted by Crippen LogP contribution is -2.35. The Labute approximate surface area is 106 Å². The number of hydrogen-bond donors (Lipinski definition) is 2. The second-order valence-electron chi connectivity index (χ2n) is 4.30. The van der Waals surface area contributed by atoms with E-state index in [0.717, 1.165) is 18.0 Å². The van der Waals surface area contributed by atoms with Gasteiger partial charge in [0.2, 0.25) is 0 Å². The molecule has 0 aliphatic carbocycles. The molecule has 0 spiro atoms. The summed E-state index contributed by atoms with van der Waals surface area (Å²) in [6.45, 7) is 3.33. The Balaban J connectivity index is 2.43. The van der Waals surface area contributed by atoms with Crippen molar-refractivity contribution in [2.75, 3.05) is 20.6 Å². The molecule has 0 aliphatic heterocycles. The summed E-state index contributed by atoms with van der Waals surface area (Å²) < 4.78 is 0. The molecular weight excluding hydrogens is 236 g/mol. The first kappa shape index (κ1) is 14.1. The molecule has 6 heteroatoms. The minimum Gasteiger partial charge on any atom is -0.348 e. The standard InChI is InChI=1S/C11H20N4OS/c1-8(4-5-15(2)3)13-11(16)9-7-17-10(6-12)14-9/h7-8H,4-6,12H2,1-3H3,(H,13,16). The van der Waals surface area contributed by atoms with Crippen molar-refractivity contribution in [1.29, 1.82) is 0 Å². The third-order valence-corrected chi connectivity index (χ3v) is 3.22. The van der Waals surface area contributed by atoms with Crippen LogP contribution in [0.5, 0.6) is 0 Å². The van der Waals surface area contributed by atoms with Gasteiger partial charge >= 0.3 is 0 Å². The summed E-state index contributed by atoms with van der Waals surface area (Å²) in [5.74, 6) is -0.118. The van der Waals surface area contributed by atoms with Crippen LogP contribution in [0.25, 0.3) is 0 Å². The summed E-state index contributed by atoms with van der Waals surface area (Å²) in [5, 5.41) is 5.46. The molecule has 0 saturated heterocycles. The van der Waals surface area contributed by atoms with Crippen LogP contribution in [0.4, 0.5) is 0 Å². The lowest BCUT2D eigenvalue weighted by atomic mass is 10.2. The molecule has 0 aromatic carbocycles. The van der Waals surface area contributed by atoms with E-state index >= 15 is 0 Å². The molecule has 1 heterocycles. The Morgan fingerprint density at radius 3 is 2.88 bits per heavy atom. The second kappa shape index (κ2) is 6.68. The van der Waals surface area contributed by atoms with Gasteiger partial charge < -0.3 is 16.0 Å². The van der Waals surface area contributed by atoms with Crippen molar-refractivity contribution in [3.8, 4) is 0 Å². The second-order valence-corrected chi connectivity index (χ2v) is 5.24. The van der Waals surface area contributed by atoms with Crippen molar-refractivity contribution >= 4 is 17.2 Å². The maximum absolute atomic E-state index is 11.8. The van der Waals surface area contributed by atoms with Gasteiger partial charge in [-0.05, 0) is 34.0 Å². The fraction of sp³-hybridized carbons (Fsp3) is 0.636. The number of nitrogens with one attached hydrogen (secondary N) is 1. The number of thiazole rings is 1. The largest absolute Gasteiger partial charge is 0.348 e. The van der Waals surface area contributed by atoms with E-state index in [1.165, 1.54) is 11.3 Å². The van der Waals surface area contributed by atoms with E-state index in [1.54, 1.807) is 5.38 Å². The van der Waals surface area contributed by atoms with Crippen molar-refractivity contribution in [1.82, 2.24) is 15.2 Å². The van der Waals surface area contributed by atoms with Crippen molar-refractivity contribution in [2.45, 2.75) is 25.9 Å². The number of nitrogens with two attached hydrogens (primary N) is 1. The molecule has 1 aromatic rings. The van der Waals surface area contributed by atoms with Crippen molar-refractivity contribution in [2.24, 2.45) is 5.73 Å². The van der Waals surface area contributed by atoms with Gasteiger partial charge in [0.25, 0.3) is 5.91 Å². The molecule has 0 saturated carbocycles. The Hall–Kier alpha value is -0.980. The van der Waals surface area contributed by atoms with Gasteiger partial charge in [-0.15, -0.1) is 11.3 Å². The van der Waals surface area contributed by atoms with E-state index in [0.29, 0.717) is 12.2 Å². The number of nitrogens with zero attached hydrogens (tertiary/aromatic N) is 2. The van der Waals surface area contributed by atoms with E-state index in [4.69, 9.17) is 5.73 Å². The van der Waals surface area contributed by atoms with Crippen LogP contribution in [0.1, 0.15) is 28.8 Å². The molecule has 1 aromatic heterocycles. The van der Waals surface area contributed by atoms with Crippen LogP contribution in [0.2, 0.25) is 0 Å². The summed E-state index contributed by atoms with van der Waals surface area (Å²) >= 11 is 1.42. The topological polar surface area (TPSA) is 71.2 Å². The Bertz CT molecular complexity index is 364. The van der Waals surface area contributed by atoms with Crippen LogP contribution in [0.3, 0.4) is 0 Å². The molecule has 1 amide bonds. The van der Waals surface area contributed by atoms with E-state index in [9.17, 15) is 4.79 Å². The van der Waals surface area contributed by atoms with Crippen LogP contribution in [0, 0.1) is 0 Å². The number of hydrogen-bond acceptors (Lipinski definition) is 5. The lowest BCUT2D eigenvalue weighted by molar-refractivity contribution is 0.0932. The highest BCUT2D eigenvalue weighted by atomic mass is 32.1. The van der Waals surface area contributed by atoms with Crippen LogP contribution in [-0.4, -0.2) is 42.5 Å². The number of rotatable bonds is 6. The number of carbonyl (C=O) groups is 1. The number of aromatic nitrogens is 1. The van der Waals surface area contributed by atoms with E-state index in [1.807, 2.05) is 21.0 Å². The summed E-state index contributed by atoms with van der Waals surface area (Å²) in [6, 6.07) is 0.146. The first-order valence-corrected chi connectivity index (χ1v) is 6.51. The predicted octanol–water partition coefficient (Wildman–Crippen LogP) is 0.672. The zero-order chi connectivity index (χ0) is 12.8. The van der Waals surface area contributed by atoms with Gasteiger partial charge in [0, 0.05) is 18.0 Å². The molecule has 1 unspecified atom stereocenters. The molecule has 96 valence electrons. The third-order valence-electron chi connectivity index (χ3n) is 2.35. The van der Waals surface area contributed by atoms with Gasteiger partial charge in [-0.3, -0.25) is 4.79 Å². The molecule has 1 atom stereocenters. The fourth-order valence-corrected chi connectivity index (χ4v) is 1.99. The van der Waals surface area contributed by atoms with Crippen LogP contribution in [-0.2, 0) is 6.54 Å². The van der Waals surface area contributed by atoms with Gasteiger partial charge in [0.15, 0.2) is 0 Å². The molecule has 3 N–H and O–H groups in total. The molecular formula is C11H20N4OS. The van der Waals surface area contributed by atoms with Gasteiger partial charge in [-0.25, -0.2) is 4.98 Å². The highest BCUT2D eigenvalue weighted by molar-refractivity contribution is 7.09. The van der Waals surface area contributed by atoms with Crippen LogP contribution < -0.4 is 11.1 Å². The van der Waals surface area contributed by atoms with E-state index in [-0.39, 0.29) is 11.9 Å². The van der Waals surface area contributed by atoms with Crippen LogP contribution >= 0.6 is 11.3 Å². The average Bonchev–Trinajstić information content (AvgIpc) is 2.74. The van der Waals surface area contributed by atoms with E-state index < -0.39 is 0 Å². The number of carbonyl (C=O) groups excluding carboxylic acids is 1. The monoisotopic (exact) mass is 256 g/mol. The van der Waals surface area contributed by atoms with Gasteiger partial charge in [-0.1, -0.05) is 0 Å². The zero-order valence-corrected chi connectivity index (χ0v) is 11.4. The lowest BCUT2D eigenvalue weighted by Gasteiger charge is -2.15. The fourth-order valence-electron chi connectivity index (χ4n) is 1.33. The normalized spacial score (nSPS) is 12.8. The van der Waals surface area contributed by atoms with Gasteiger partial charge in [0.05, 0.1) is 0 Å². The Kier molecular flexibility index (Phi) is 5.54. The quantitative estimate of drug-likeness (QED) is 0.785. The summed E-state index contributed by atoms with van der Waals surface area (Å²) in [4.78, 5) is 18.1. The molecule has 0 radical (unpaired) electrons. The minimum atomic E-state index is -0.118. The van der Waals surface area contributed by atoms with Crippen LogP contribution in [0.15, 0.2) is 5.38 Å². The third kappa shape index (κ3) is 4.80. The van der Waals surface area contributed by atoms with Crippen molar-refractivity contribution in [3.63, 3.8) is 0 Å². The smallest absolute Gasteiger partial charge is 0.270 e. The first-order chi connectivity index (χ1) is 8.02. The summed E-state index contributed by atoms with van der Waals surface area (Å²) in [5.41, 5.74) is 5.92. The maximum Gasteiger partial charge on any atom is 0.270 e. The molecule has 5 nitrogen and oxygen atoms in total. The SMILES string of the molecule is CC(CCN(C)C)NC(=O)c1csc(CN)n1. The van der Waals surface area contributed by atoms with Crippen molar-refractivity contribution < 1.29 is 4.79 Å². The highest BCUT2D eigenvalue weighted by Crippen LogP contribution is 2.09. The Morgan fingerprint density at radius 1 is 1.65 bits per heavy atom. The molecule has 0 fully saturated rings. The van der Waals surface area contributed by atoms with Gasteiger partial charge in [0.1, 0.15) is 10.7 Å². The Morgan fingerprint density at radius 2 is 2.35 bits per heavy atom. The maximum atomic E-state index is 11.8. The average molecular weight is 256 g/mol. The number of amides is 1. The minimum absolute atomic E-state index is 0.118. The first-order valence-electron chi connectivity index (χ1n) is 5.63. The van der Waals surface area contributed by atoms with E-state index in [2.05, 4.69) is 15.2 Å². The van der Waals surface area contributed by atoms with Gasteiger partial charge in [-0.2, -0.15) is 0 Å². The highest BCUT2D eigenvalue weighted by Gasteiger charge is 2.12. The molecule has 0 aliphatic rings. The zero-order valence-electron chi connectivity index (χ0n) is 10.6. The molecule has 17 heavy (non-hydrogen) atoms. The molecule has 0 bridgehead atoms. The predicted molar refractivity (Wildman–Crippen MR) is 70.1 cm³/mol. The van der Waals surface area contributed by atoms with Crippen molar-refractivity contribution in [3.05, 3.63) is 16.1 Å². The summed E-state index contributed by atoms with van der Waals surface area (Å²) in [7, 11) is 4.03. The summed E-state index contributed by atoms with van der Waals surface area (Å²) in [6.07, 6.45) is 0.923.